The van der Waals surface area contributed by atoms with E-state index >= 15 is 0 Å². The monoisotopic (exact) mass is 318 g/mol. The first-order valence-corrected chi connectivity index (χ1v) is 7.84. The Morgan fingerprint density at radius 2 is 2.39 bits per heavy atom. The van der Waals surface area contributed by atoms with Gasteiger partial charge in [-0.2, -0.15) is 5.10 Å². The number of likely N-dealkylation sites (N-methyl/N-ethyl adjacent to an activating group) is 1. The summed E-state index contributed by atoms with van der Waals surface area (Å²) in [6.07, 6.45) is 6.84. The molecule has 23 heavy (non-hydrogen) atoms. The summed E-state index contributed by atoms with van der Waals surface area (Å²) in [6, 6.07) is 0. The highest BCUT2D eigenvalue weighted by Gasteiger charge is 2.27. The van der Waals surface area contributed by atoms with E-state index in [9.17, 15) is 4.79 Å². The fourth-order valence-electron chi connectivity index (χ4n) is 2.59. The molecule has 7 nitrogen and oxygen atoms in total. The number of nitrogens with one attached hydrogen (secondary N) is 1. The van der Waals surface area contributed by atoms with Gasteiger partial charge < -0.3 is 15.1 Å². The van der Waals surface area contributed by atoms with E-state index in [4.69, 9.17) is 0 Å². The van der Waals surface area contributed by atoms with E-state index in [1.54, 1.807) is 25.1 Å². The number of rotatable bonds is 5. The minimum Gasteiger partial charge on any atom is -0.353 e. The van der Waals surface area contributed by atoms with Crippen molar-refractivity contribution in [2.45, 2.75) is 12.3 Å². The van der Waals surface area contributed by atoms with Gasteiger partial charge >= 0.3 is 0 Å². The molecule has 0 saturated carbocycles. The van der Waals surface area contributed by atoms with Gasteiger partial charge in [0.1, 0.15) is 6.54 Å². The predicted molar refractivity (Wildman–Crippen MR) is 91.3 cm³/mol. The molecule has 126 valence electrons. The number of carbonyl (C=O) groups is 1. The summed E-state index contributed by atoms with van der Waals surface area (Å²) in [5, 5.41) is 7.50. The zero-order chi connectivity index (χ0) is 16.8. The molecular formula is C16H26N6O. The second-order valence-electron chi connectivity index (χ2n) is 5.98. The first-order valence-electron chi connectivity index (χ1n) is 7.84. The van der Waals surface area contributed by atoms with Gasteiger partial charge in [-0.3, -0.25) is 9.48 Å². The molecule has 7 heteroatoms. The van der Waals surface area contributed by atoms with Crippen molar-refractivity contribution in [3.8, 4) is 0 Å². The van der Waals surface area contributed by atoms with Crippen LogP contribution in [-0.4, -0.2) is 71.7 Å². The van der Waals surface area contributed by atoms with Crippen LogP contribution in [0.4, 0.5) is 0 Å². The zero-order valence-electron chi connectivity index (χ0n) is 14.2. The predicted octanol–water partition coefficient (Wildman–Crippen LogP) is 0.429. The fraction of sp³-hybridized carbons (Fsp3) is 0.562. The lowest BCUT2D eigenvalue weighted by atomic mass is 10.0. The van der Waals surface area contributed by atoms with Crippen molar-refractivity contribution in [3.05, 3.63) is 30.6 Å². The topological polar surface area (TPSA) is 65.8 Å². The van der Waals surface area contributed by atoms with Gasteiger partial charge in [-0.05, 0) is 12.0 Å². The number of nitrogens with zero attached hydrogens (tertiary/aromatic N) is 5. The first kappa shape index (κ1) is 17.1. The van der Waals surface area contributed by atoms with Crippen LogP contribution in [0.15, 0.2) is 30.0 Å². The number of guanidine groups is 1. The van der Waals surface area contributed by atoms with Crippen molar-refractivity contribution < 1.29 is 4.79 Å². The van der Waals surface area contributed by atoms with Gasteiger partial charge in [0.25, 0.3) is 0 Å². The lowest BCUT2D eigenvalue weighted by Crippen LogP contribution is -2.41. The average molecular weight is 318 g/mol. The Balaban J connectivity index is 2.03. The molecule has 0 aromatic carbocycles. The molecule has 2 heterocycles. The van der Waals surface area contributed by atoms with Crippen LogP contribution in [0.2, 0.25) is 0 Å². The van der Waals surface area contributed by atoms with Crippen LogP contribution in [0.25, 0.3) is 0 Å². The molecule has 1 amide bonds. The smallest absolute Gasteiger partial charge is 0.243 e. The van der Waals surface area contributed by atoms with Gasteiger partial charge in [-0.15, -0.1) is 6.58 Å². The van der Waals surface area contributed by atoms with Crippen LogP contribution in [0.1, 0.15) is 17.9 Å². The van der Waals surface area contributed by atoms with Crippen molar-refractivity contribution >= 4 is 11.9 Å². The highest BCUT2D eigenvalue weighted by molar-refractivity contribution is 5.85. The lowest BCUT2D eigenvalue weighted by molar-refractivity contribution is -0.127. The van der Waals surface area contributed by atoms with Gasteiger partial charge in [-0.1, -0.05) is 6.08 Å². The van der Waals surface area contributed by atoms with Crippen molar-refractivity contribution in [1.29, 1.82) is 0 Å². The van der Waals surface area contributed by atoms with Crippen LogP contribution in [-0.2, 0) is 11.8 Å². The third-order valence-corrected chi connectivity index (χ3v) is 3.95. The number of aliphatic imine (C=N–C) groups is 1. The molecule has 1 aliphatic heterocycles. The van der Waals surface area contributed by atoms with Crippen molar-refractivity contribution in [1.82, 2.24) is 24.9 Å². The van der Waals surface area contributed by atoms with Crippen LogP contribution >= 0.6 is 0 Å². The van der Waals surface area contributed by atoms with Gasteiger partial charge in [0, 0.05) is 52.9 Å². The highest BCUT2D eigenvalue weighted by Crippen LogP contribution is 2.26. The van der Waals surface area contributed by atoms with Crippen LogP contribution < -0.4 is 5.32 Å². The van der Waals surface area contributed by atoms with E-state index < -0.39 is 0 Å². The summed E-state index contributed by atoms with van der Waals surface area (Å²) >= 11 is 0. The number of hydrogen-bond donors (Lipinski definition) is 1. The average Bonchev–Trinajstić information content (AvgIpc) is 3.15. The highest BCUT2D eigenvalue weighted by atomic mass is 16.2. The number of hydrogen-bond acceptors (Lipinski definition) is 3. The molecule has 1 aliphatic rings. The Morgan fingerprint density at radius 3 is 3.00 bits per heavy atom. The van der Waals surface area contributed by atoms with Crippen molar-refractivity contribution in [2.75, 3.05) is 40.3 Å². The molecule has 0 spiro atoms. The minimum atomic E-state index is -0.00842. The van der Waals surface area contributed by atoms with Gasteiger partial charge in [0.2, 0.25) is 5.91 Å². The first-order chi connectivity index (χ1) is 11.0. The van der Waals surface area contributed by atoms with Gasteiger partial charge in [0.05, 0.1) is 6.20 Å². The van der Waals surface area contributed by atoms with Gasteiger partial charge in [-0.25, -0.2) is 4.99 Å². The largest absolute Gasteiger partial charge is 0.353 e. The second-order valence-corrected chi connectivity index (χ2v) is 5.98. The summed E-state index contributed by atoms with van der Waals surface area (Å²) in [5.41, 5.74) is 1.25. The summed E-state index contributed by atoms with van der Waals surface area (Å²) < 4.78 is 1.83. The maximum atomic E-state index is 11.8. The quantitative estimate of drug-likeness (QED) is 0.486. The molecule has 0 aliphatic carbocycles. The third-order valence-electron chi connectivity index (χ3n) is 3.95. The number of aromatic nitrogens is 2. The van der Waals surface area contributed by atoms with Crippen LogP contribution in [0, 0.1) is 0 Å². The number of likely N-dealkylation sites (tertiary alicyclic amines) is 1. The zero-order valence-corrected chi connectivity index (χ0v) is 14.2. The molecule has 0 radical (unpaired) electrons. The lowest BCUT2D eigenvalue weighted by Gasteiger charge is -2.21. The molecular weight excluding hydrogens is 292 g/mol. The second kappa shape index (κ2) is 7.80. The van der Waals surface area contributed by atoms with Gasteiger partial charge in [0.15, 0.2) is 5.96 Å². The van der Waals surface area contributed by atoms with Crippen LogP contribution in [0.5, 0.6) is 0 Å². The Labute approximate surface area is 137 Å². The maximum Gasteiger partial charge on any atom is 0.243 e. The van der Waals surface area contributed by atoms with Crippen molar-refractivity contribution in [3.63, 3.8) is 0 Å². The third kappa shape index (κ3) is 4.58. The van der Waals surface area contributed by atoms with E-state index in [2.05, 4.69) is 33.1 Å². The SMILES string of the molecule is C=CCNC(=NCC(=O)N(C)C)N1CCC(c2cnn(C)c2)C1. The summed E-state index contributed by atoms with van der Waals surface area (Å²) in [4.78, 5) is 20.0. The number of carbonyl (C=O) groups excluding carboxylic acids is 1. The Bertz CT molecular complexity index is 577. The Hall–Kier alpha value is -2.31. The van der Waals surface area contributed by atoms with E-state index in [-0.39, 0.29) is 12.5 Å². The summed E-state index contributed by atoms with van der Waals surface area (Å²) in [5.74, 6) is 1.21. The van der Waals surface area contributed by atoms with E-state index in [1.807, 2.05) is 17.9 Å². The summed E-state index contributed by atoms with van der Waals surface area (Å²) in [6.45, 7) is 6.30. The normalized spacial score (nSPS) is 18.1. The Morgan fingerprint density at radius 1 is 1.61 bits per heavy atom. The molecule has 0 bridgehead atoms. The van der Waals surface area contributed by atoms with Crippen molar-refractivity contribution in [2.24, 2.45) is 12.0 Å². The minimum absolute atomic E-state index is 0.00842. The molecule has 2 rings (SSSR count). The molecule has 1 saturated heterocycles. The summed E-state index contributed by atoms with van der Waals surface area (Å²) in [7, 11) is 5.41. The number of amides is 1. The molecule has 1 fully saturated rings. The molecule has 1 aromatic heterocycles. The fourth-order valence-corrected chi connectivity index (χ4v) is 2.59. The molecule has 1 N–H and O–H groups in total. The maximum absolute atomic E-state index is 11.8. The standard InChI is InChI=1S/C16H26N6O/c1-5-7-17-16(18-10-15(23)20(2)3)22-8-6-13(12-22)14-9-19-21(4)11-14/h5,9,11,13H,1,6-8,10,12H2,2-4H3,(H,17,18). The molecule has 1 atom stereocenters. The molecule has 1 aromatic rings. The van der Waals surface area contributed by atoms with E-state index in [0.29, 0.717) is 12.5 Å². The Kier molecular flexibility index (Phi) is 5.78. The van der Waals surface area contributed by atoms with E-state index in [1.165, 1.54) is 5.56 Å². The molecule has 1 unspecified atom stereocenters. The van der Waals surface area contributed by atoms with E-state index in [0.717, 1.165) is 25.5 Å². The van der Waals surface area contributed by atoms with Crippen LogP contribution in [0.3, 0.4) is 0 Å². The number of aryl methyl sites for hydroxylation is 1.